The Labute approximate surface area is 190 Å². The summed E-state index contributed by atoms with van der Waals surface area (Å²) >= 11 is 0. The molecule has 2 amide bonds. The number of fused-ring (bicyclic) bond motifs is 3. The van der Waals surface area contributed by atoms with Gasteiger partial charge in [0.15, 0.2) is 0 Å². The largest absolute Gasteiger partial charge is 0.354 e. The zero-order valence-electron chi connectivity index (χ0n) is 19.5. The number of aryl methyl sites for hydroxylation is 1. The molecule has 4 rings (SSSR count). The molecule has 0 fully saturated rings. The standard InChI is InChI=1S/C27H33N3O2/c1-19(2)13-15-28-26(32)27(4)18-29-23-12-8-7-11-22(23)17-24(29)25(31)30(27)16-14-21-10-6-5-9-20(21)3/h5-12,17,19H,13-16,18H2,1-4H3,(H,28,32)/t27-/m1/s1. The van der Waals surface area contributed by atoms with E-state index in [1.165, 1.54) is 11.1 Å². The van der Waals surface area contributed by atoms with Crippen LogP contribution in [0.3, 0.4) is 0 Å². The average molecular weight is 432 g/mol. The van der Waals surface area contributed by atoms with Crippen LogP contribution < -0.4 is 5.32 Å². The van der Waals surface area contributed by atoms with Crippen molar-refractivity contribution >= 4 is 22.7 Å². The third-order valence-electron chi connectivity index (χ3n) is 6.70. The Balaban J connectivity index is 1.69. The van der Waals surface area contributed by atoms with E-state index in [0.717, 1.165) is 17.3 Å². The molecule has 0 aliphatic carbocycles. The summed E-state index contributed by atoms with van der Waals surface area (Å²) in [7, 11) is 0. The molecule has 1 N–H and O–H groups in total. The number of amides is 2. The van der Waals surface area contributed by atoms with E-state index in [1.807, 2.05) is 54.0 Å². The quantitative estimate of drug-likeness (QED) is 0.596. The maximum Gasteiger partial charge on any atom is 0.271 e. The summed E-state index contributed by atoms with van der Waals surface area (Å²) in [5, 5.41) is 4.14. The van der Waals surface area contributed by atoms with Crippen molar-refractivity contribution in [1.82, 2.24) is 14.8 Å². The van der Waals surface area contributed by atoms with Gasteiger partial charge in [-0.2, -0.15) is 0 Å². The number of nitrogens with zero attached hydrogens (tertiary/aromatic N) is 2. The zero-order chi connectivity index (χ0) is 22.9. The summed E-state index contributed by atoms with van der Waals surface area (Å²) < 4.78 is 2.02. The van der Waals surface area contributed by atoms with E-state index in [-0.39, 0.29) is 11.8 Å². The molecule has 5 nitrogen and oxygen atoms in total. The van der Waals surface area contributed by atoms with Gasteiger partial charge in [-0.3, -0.25) is 9.59 Å². The lowest BCUT2D eigenvalue weighted by atomic mass is 9.93. The van der Waals surface area contributed by atoms with Crippen molar-refractivity contribution < 1.29 is 9.59 Å². The predicted octanol–water partition coefficient (Wildman–Crippen LogP) is 4.57. The van der Waals surface area contributed by atoms with Crippen molar-refractivity contribution in [2.45, 2.75) is 52.6 Å². The van der Waals surface area contributed by atoms with E-state index in [9.17, 15) is 9.59 Å². The summed E-state index contributed by atoms with van der Waals surface area (Å²) in [5.41, 5.74) is 3.10. The van der Waals surface area contributed by atoms with Crippen LogP contribution in [0.4, 0.5) is 0 Å². The second-order valence-corrected chi connectivity index (χ2v) is 9.52. The molecule has 0 radical (unpaired) electrons. The number of aromatic nitrogens is 1. The highest BCUT2D eigenvalue weighted by Gasteiger charge is 2.47. The summed E-state index contributed by atoms with van der Waals surface area (Å²) in [6.45, 7) is 9.84. The number of carbonyl (C=O) groups excluding carboxylic acids is 2. The molecule has 2 heterocycles. The van der Waals surface area contributed by atoms with Crippen molar-refractivity contribution in [3.63, 3.8) is 0 Å². The van der Waals surface area contributed by atoms with Crippen molar-refractivity contribution in [3.05, 3.63) is 71.4 Å². The van der Waals surface area contributed by atoms with Crippen LogP contribution in [0.5, 0.6) is 0 Å². The molecule has 168 valence electrons. The number of hydrogen-bond donors (Lipinski definition) is 1. The number of hydrogen-bond acceptors (Lipinski definition) is 2. The lowest BCUT2D eigenvalue weighted by Crippen LogP contribution is -2.64. The highest BCUT2D eigenvalue weighted by Crippen LogP contribution is 2.32. The average Bonchev–Trinajstić information content (AvgIpc) is 3.13. The molecule has 1 aliphatic heterocycles. The Morgan fingerprint density at radius 1 is 1.12 bits per heavy atom. The second kappa shape index (κ2) is 8.81. The Bertz CT molecular complexity index is 1150. The van der Waals surface area contributed by atoms with Gasteiger partial charge in [-0.1, -0.05) is 56.3 Å². The van der Waals surface area contributed by atoms with Crippen LogP contribution in [-0.4, -0.2) is 39.9 Å². The molecule has 0 bridgehead atoms. The molecule has 5 heteroatoms. The minimum atomic E-state index is -0.953. The highest BCUT2D eigenvalue weighted by molar-refractivity contribution is 6.03. The Morgan fingerprint density at radius 3 is 2.59 bits per heavy atom. The van der Waals surface area contributed by atoms with Crippen molar-refractivity contribution in [1.29, 1.82) is 0 Å². The fourth-order valence-corrected chi connectivity index (χ4v) is 4.64. The van der Waals surface area contributed by atoms with Gasteiger partial charge in [0.25, 0.3) is 5.91 Å². The van der Waals surface area contributed by atoms with Gasteiger partial charge < -0.3 is 14.8 Å². The van der Waals surface area contributed by atoms with Gasteiger partial charge >= 0.3 is 0 Å². The third-order valence-corrected chi connectivity index (χ3v) is 6.70. The highest BCUT2D eigenvalue weighted by atomic mass is 16.2. The van der Waals surface area contributed by atoms with Crippen molar-refractivity contribution in [3.8, 4) is 0 Å². The van der Waals surface area contributed by atoms with E-state index < -0.39 is 5.54 Å². The van der Waals surface area contributed by atoms with Crippen LogP contribution in [-0.2, 0) is 17.8 Å². The van der Waals surface area contributed by atoms with E-state index in [0.29, 0.717) is 37.7 Å². The minimum absolute atomic E-state index is 0.0810. The van der Waals surface area contributed by atoms with Crippen LogP contribution >= 0.6 is 0 Å². The van der Waals surface area contributed by atoms with Gasteiger partial charge in [0.1, 0.15) is 11.2 Å². The molecule has 0 unspecified atom stereocenters. The minimum Gasteiger partial charge on any atom is -0.354 e. The second-order valence-electron chi connectivity index (χ2n) is 9.52. The Kier molecular flexibility index (Phi) is 6.09. The first-order chi connectivity index (χ1) is 15.3. The first-order valence-electron chi connectivity index (χ1n) is 11.5. The maximum absolute atomic E-state index is 13.7. The van der Waals surface area contributed by atoms with Gasteiger partial charge in [-0.25, -0.2) is 0 Å². The predicted molar refractivity (Wildman–Crippen MR) is 129 cm³/mol. The monoisotopic (exact) mass is 431 g/mol. The van der Waals surface area contributed by atoms with Crippen molar-refractivity contribution in [2.75, 3.05) is 13.1 Å². The smallest absolute Gasteiger partial charge is 0.271 e. The van der Waals surface area contributed by atoms with Crippen molar-refractivity contribution in [2.24, 2.45) is 5.92 Å². The Morgan fingerprint density at radius 2 is 1.84 bits per heavy atom. The van der Waals surface area contributed by atoms with Gasteiger partial charge in [0.2, 0.25) is 5.91 Å². The zero-order valence-corrected chi connectivity index (χ0v) is 19.5. The van der Waals surface area contributed by atoms with E-state index in [2.05, 4.69) is 38.2 Å². The first kappa shape index (κ1) is 22.1. The van der Waals surface area contributed by atoms with Crippen LogP contribution in [0, 0.1) is 12.8 Å². The number of benzene rings is 2. The maximum atomic E-state index is 13.7. The van der Waals surface area contributed by atoms with Crippen LogP contribution in [0.15, 0.2) is 54.6 Å². The number of rotatable bonds is 7. The van der Waals surface area contributed by atoms with Gasteiger partial charge in [-0.05, 0) is 55.9 Å². The molecular weight excluding hydrogens is 398 g/mol. The van der Waals surface area contributed by atoms with E-state index in [1.54, 1.807) is 4.90 Å². The topological polar surface area (TPSA) is 54.3 Å². The molecular formula is C27H33N3O2. The number of carbonyl (C=O) groups is 2. The molecule has 2 aromatic carbocycles. The lowest BCUT2D eigenvalue weighted by Gasteiger charge is -2.44. The summed E-state index contributed by atoms with van der Waals surface area (Å²) in [5.74, 6) is 0.343. The fraction of sp³-hybridized carbons (Fsp3) is 0.407. The van der Waals surface area contributed by atoms with Crippen LogP contribution in [0.2, 0.25) is 0 Å². The first-order valence-corrected chi connectivity index (χ1v) is 11.5. The summed E-state index contributed by atoms with van der Waals surface area (Å²) in [4.78, 5) is 29.0. The normalized spacial score (nSPS) is 18.3. The fourth-order valence-electron chi connectivity index (χ4n) is 4.64. The molecule has 1 aliphatic rings. The summed E-state index contributed by atoms with van der Waals surface area (Å²) in [6.07, 6.45) is 1.63. The third kappa shape index (κ3) is 4.04. The number of para-hydroxylation sites is 1. The molecule has 0 saturated heterocycles. The lowest BCUT2D eigenvalue weighted by molar-refractivity contribution is -0.132. The van der Waals surface area contributed by atoms with Crippen LogP contribution in [0.1, 0.15) is 48.8 Å². The van der Waals surface area contributed by atoms with E-state index in [4.69, 9.17) is 0 Å². The number of nitrogens with one attached hydrogen (secondary N) is 1. The van der Waals surface area contributed by atoms with Crippen LogP contribution in [0.25, 0.3) is 10.9 Å². The molecule has 3 aromatic rings. The summed E-state index contributed by atoms with van der Waals surface area (Å²) in [6, 6.07) is 18.2. The molecule has 1 atom stereocenters. The molecule has 0 spiro atoms. The SMILES string of the molecule is Cc1ccccc1CCN1C(=O)c2cc3ccccc3n2C[C@]1(C)C(=O)NCCC(C)C. The molecule has 1 aromatic heterocycles. The van der Waals surface area contributed by atoms with Gasteiger partial charge in [0.05, 0.1) is 6.54 Å². The van der Waals surface area contributed by atoms with Gasteiger partial charge in [-0.15, -0.1) is 0 Å². The van der Waals surface area contributed by atoms with E-state index >= 15 is 0 Å². The Hall–Kier alpha value is -3.08. The molecule has 0 saturated carbocycles. The molecule has 32 heavy (non-hydrogen) atoms. The van der Waals surface area contributed by atoms with Gasteiger partial charge in [0, 0.05) is 24.0 Å².